The van der Waals surface area contributed by atoms with Gasteiger partial charge in [0, 0.05) is 11.3 Å². The van der Waals surface area contributed by atoms with Crippen LogP contribution in [0, 0.1) is 0 Å². The number of ether oxygens (including phenoxy) is 2. The third kappa shape index (κ3) is 5.12. The fourth-order valence-corrected chi connectivity index (χ4v) is 2.45. The highest BCUT2D eigenvalue weighted by Crippen LogP contribution is 2.25. The molecule has 0 amide bonds. The Morgan fingerprint density at radius 2 is 2.00 bits per heavy atom. The highest BCUT2D eigenvalue weighted by Gasteiger charge is 2.17. The number of nitrogens with two attached hydrogens (primary N) is 1. The lowest BCUT2D eigenvalue weighted by Crippen LogP contribution is -2.22. The van der Waals surface area contributed by atoms with E-state index in [0.717, 1.165) is 11.3 Å². The van der Waals surface area contributed by atoms with Crippen LogP contribution in [0.1, 0.15) is 25.5 Å². The molecule has 0 fully saturated rings. The van der Waals surface area contributed by atoms with E-state index in [0.29, 0.717) is 12.4 Å². The molecular formula is C14H21NO3S. The Hall–Kier alpha value is -1.20. The molecule has 1 aromatic carbocycles. The van der Waals surface area contributed by atoms with Crippen molar-refractivity contribution in [3.63, 3.8) is 0 Å². The van der Waals surface area contributed by atoms with E-state index in [2.05, 4.69) is 0 Å². The molecule has 19 heavy (non-hydrogen) atoms. The second-order valence-electron chi connectivity index (χ2n) is 4.12. The number of rotatable bonds is 7. The van der Waals surface area contributed by atoms with Gasteiger partial charge in [0.15, 0.2) is 0 Å². The molecule has 106 valence electrons. The highest BCUT2D eigenvalue weighted by molar-refractivity contribution is 8.00. The predicted octanol–water partition coefficient (Wildman–Crippen LogP) is 2.38. The van der Waals surface area contributed by atoms with Crippen LogP contribution in [0.4, 0.5) is 0 Å². The first-order valence-electron chi connectivity index (χ1n) is 6.25. The predicted molar refractivity (Wildman–Crippen MR) is 78.5 cm³/mol. The summed E-state index contributed by atoms with van der Waals surface area (Å²) < 4.78 is 10.00. The zero-order valence-electron chi connectivity index (χ0n) is 11.6. The number of methoxy groups -OCH3 is 1. The largest absolute Gasteiger partial charge is 0.497 e. The van der Waals surface area contributed by atoms with Crippen LogP contribution < -0.4 is 10.5 Å². The lowest BCUT2D eigenvalue weighted by Gasteiger charge is -2.19. The third-order valence-corrected chi connectivity index (χ3v) is 4.00. The highest BCUT2D eigenvalue weighted by atomic mass is 32.2. The van der Waals surface area contributed by atoms with Crippen LogP contribution in [0.25, 0.3) is 0 Å². The Kier molecular flexibility index (Phi) is 6.73. The number of hydrogen-bond acceptors (Lipinski definition) is 5. The molecule has 1 aromatic rings. The summed E-state index contributed by atoms with van der Waals surface area (Å²) in [5.74, 6) is 0.947. The Labute approximate surface area is 118 Å². The quantitative estimate of drug-likeness (QED) is 0.778. The van der Waals surface area contributed by atoms with Crippen LogP contribution in [-0.2, 0) is 9.53 Å². The van der Waals surface area contributed by atoms with Crippen molar-refractivity contribution in [3.8, 4) is 5.75 Å². The van der Waals surface area contributed by atoms with Crippen molar-refractivity contribution in [1.82, 2.24) is 0 Å². The molecule has 0 aliphatic rings. The summed E-state index contributed by atoms with van der Waals surface area (Å²) in [6.45, 7) is 4.23. The van der Waals surface area contributed by atoms with Crippen molar-refractivity contribution in [3.05, 3.63) is 29.8 Å². The van der Waals surface area contributed by atoms with Gasteiger partial charge in [-0.15, -0.1) is 11.8 Å². The fraction of sp³-hybridized carbons (Fsp3) is 0.500. The van der Waals surface area contributed by atoms with Crippen molar-refractivity contribution in [2.24, 2.45) is 5.73 Å². The molecule has 2 N–H and O–H groups in total. The first-order valence-corrected chi connectivity index (χ1v) is 7.30. The third-order valence-electron chi connectivity index (χ3n) is 2.78. The average Bonchev–Trinajstić information content (AvgIpc) is 2.44. The molecule has 5 heteroatoms. The van der Waals surface area contributed by atoms with Crippen molar-refractivity contribution < 1.29 is 14.3 Å². The molecule has 0 saturated heterocycles. The number of hydrogen-bond donors (Lipinski definition) is 1. The van der Waals surface area contributed by atoms with E-state index in [-0.39, 0.29) is 17.3 Å². The molecule has 0 saturated carbocycles. The molecule has 2 atom stereocenters. The minimum atomic E-state index is -0.193. The zero-order chi connectivity index (χ0) is 14.3. The summed E-state index contributed by atoms with van der Waals surface area (Å²) in [6, 6.07) is 7.55. The zero-order valence-corrected chi connectivity index (χ0v) is 12.4. The Balaban J connectivity index is 2.50. The summed E-state index contributed by atoms with van der Waals surface area (Å²) in [6.07, 6.45) is 0. The van der Waals surface area contributed by atoms with E-state index in [1.54, 1.807) is 14.0 Å². The molecule has 0 heterocycles. The van der Waals surface area contributed by atoms with Gasteiger partial charge in [0.05, 0.1) is 19.5 Å². The standard InChI is InChI=1S/C14H21NO3S/c1-4-18-13(16)9-19-10(2)14(15)11-5-7-12(17-3)8-6-11/h5-8,10,14H,4,9,15H2,1-3H3. The smallest absolute Gasteiger partial charge is 0.315 e. The Bertz CT molecular complexity index is 394. The molecule has 1 rings (SSSR count). The first kappa shape index (κ1) is 15.9. The molecule has 0 bridgehead atoms. The van der Waals surface area contributed by atoms with E-state index in [1.807, 2.05) is 31.2 Å². The van der Waals surface area contributed by atoms with Crippen LogP contribution in [0.15, 0.2) is 24.3 Å². The maximum Gasteiger partial charge on any atom is 0.315 e. The first-order chi connectivity index (χ1) is 9.08. The van der Waals surface area contributed by atoms with Crippen molar-refractivity contribution in [1.29, 1.82) is 0 Å². The van der Waals surface area contributed by atoms with Crippen LogP contribution >= 0.6 is 11.8 Å². The van der Waals surface area contributed by atoms with Gasteiger partial charge in [-0.3, -0.25) is 4.79 Å². The Morgan fingerprint density at radius 3 is 2.53 bits per heavy atom. The van der Waals surface area contributed by atoms with E-state index in [1.165, 1.54) is 11.8 Å². The van der Waals surface area contributed by atoms with Gasteiger partial charge in [-0.2, -0.15) is 0 Å². The molecule has 0 spiro atoms. The normalized spacial score (nSPS) is 13.7. The van der Waals surface area contributed by atoms with Gasteiger partial charge >= 0.3 is 5.97 Å². The van der Waals surface area contributed by atoms with E-state index >= 15 is 0 Å². The summed E-state index contributed by atoms with van der Waals surface area (Å²) in [5, 5.41) is 0.137. The molecule has 0 radical (unpaired) electrons. The maximum atomic E-state index is 11.3. The molecule has 2 unspecified atom stereocenters. The summed E-state index contributed by atoms with van der Waals surface area (Å²) >= 11 is 1.51. The summed E-state index contributed by atoms with van der Waals surface area (Å²) in [5.41, 5.74) is 7.21. The Morgan fingerprint density at radius 1 is 1.37 bits per heavy atom. The van der Waals surface area contributed by atoms with Gasteiger partial charge in [-0.25, -0.2) is 0 Å². The minimum absolute atomic E-state index is 0.120. The topological polar surface area (TPSA) is 61.5 Å². The number of thioether (sulfide) groups is 1. The molecule has 0 aromatic heterocycles. The SMILES string of the molecule is CCOC(=O)CSC(C)C(N)c1ccc(OC)cc1. The maximum absolute atomic E-state index is 11.3. The second-order valence-corrected chi connectivity index (χ2v) is 5.49. The van der Waals surface area contributed by atoms with Crippen LogP contribution in [-0.4, -0.2) is 30.7 Å². The van der Waals surface area contributed by atoms with E-state index < -0.39 is 0 Å². The summed E-state index contributed by atoms with van der Waals surface area (Å²) in [4.78, 5) is 11.3. The fourth-order valence-electron chi connectivity index (χ4n) is 1.60. The minimum Gasteiger partial charge on any atom is -0.497 e. The number of carbonyl (C=O) groups excluding carboxylic acids is 1. The lowest BCUT2D eigenvalue weighted by molar-refractivity contribution is -0.139. The monoisotopic (exact) mass is 283 g/mol. The lowest BCUT2D eigenvalue weighted by atomic mass is 10.1. The van der Waals surface area contributed by atoms with Crippen LogP contribution in [0.3, 0.4) is 0 Å². The van der Waals surface area contributed by atoms with Gasteiger partial charge in [-0.1, -0.05) is 19.1 Å². The average molecular weight is 283 g/mol. The van der Waals surface area contributed by atoms with Gasteiger partial charge < -0.3 is 15.2 Å². The van der Waals surface area contributed by atoms with Crippen molar-refractivity contribution in [2.45, 2.75) is 25.1 Å². The van der Waals surface area contributed by atoms with E-state index in [9.17, 15) is 4.79 Å². The van der Waals surface area contributed by atoms with E-state index in [4.69, 9.17) is 15.2 Å². The summed E-state index contributed by atoms with van der Waals surface area (Å²) in [7, 11) is 1.63. The van der Waals surface area contributed by atoms with Gasteiger partial charge in [0.25, 0.3) is 0 Å². The second kappa shape index (κ2) is 8.07. The molecular weight excluding hydrogens is 262 g/mol. The molecule has 4 nitrogen and oxygen atoms in total. The van der Waals surface area contributed by atoms with Crippen molar-refractivity contribution in [2.75, 3.05) is 19.5 Å². The van der Waals surface area contributed by atoms with Crippen molar-refractivity contribution >= 4 is 17.7 Å². The van der Waals surface area contributed by atoms with Gasteiger partial charge in [0.2, 0.25) is 0 Å². The van der Waals surface area contributed by atoms with Crippen LogP contribution in [0.2, 0.25) is 0 Å². The molecule has 0 aliphatic heterocycles. The number of benzene rings is 1. The number of esters is 1. The molecule has 0 aliphatic carbocycles. The van der Waals surface area contributed by atoms with Gasteiger partial charge in [0.1, 0.15) is 5.75 Å². The van der Waals surface area contributed by atoms with Gasteiger partial charge in [-0.05, 0) is 24.6 Å². The number of carbonyl (C=O) groups is 1. The van der Waals surface area contributed by atoms with Crippen LogP contribution in [0.5, 0.6) is 5.75 Å².